The van der Waals surface area contributed by atoms with Gasteiger partial charge in [0.1, 0.15) is 5.82 Å². The number of nitrogens with zero attached hydrogens (tertiary/aromatic N) is 2. The lowest BCUT2D eigenvalue weighted by Crippen LogP contribution is -2.34. The fourth-order valence-corrected chi connectivity index (χ4v) is 4.07. The first-order chi connectivity index (χ1) is 16.0. The first kappa shape index (κ1) is 24.5. The van der Waals surface area contributed by atoms with E-state index in [1.807, 2.05) is 38.1 Å². The largest absolute Gasteiger partial charge is 0.401 e. The number of nitrogens with two attached hydrogens (primary N) is 1. The molecule has 2 heterocycles. The summed E-state index contributed by atoms with van der Waals surface area (Å²) in [4.78, 5) is 23.1. The maximum Gasteiger partial charge on any atom is 0.255 e. The Bertz CT molecular complexity index is 1050. The summed E-state index contributed by atoms with van der Waals surface area (Å²) in [6.07, 6.45) is 2.95. The fourth-order valence-electron chi connectivity index (χ4n) is 4.07. The number of likely N-dealkylation sites (tertiary alicyclic amines) is 1. The van der Waals surface area contributed by atoms with Crippen LogP contribution in [0, 0.1) is 11.7 Å². The Labute approximate surface area is 195 Å². The van der Waals surface area contributed by atoms with Gasteiger partial charge < -0.3 is 15.6 Å². The van der Waals surface area contributed by atoms with E-state index in [0.717, 1.165) is 42.5 Å². The standard InChI is InChI=1S/C24H28FN5O.C2H6/c1-30-14-12-17(13-15-30)22(26)19(11-8-16-6-9-18(25)10-7-16)23(31)29-24-27-20-4-2-3-5-21(20)28-24;1-2/h2-7,9-10,17H,8,11-15,26H2,1H3,(H2,27,28,29,31);1-2H3/b22-19-;. The molecule has 6 nitrogen and oxygen atoms in total. The number of H-pyrrole nitrogens is 1. The maximum atomic E-state index is 13.2. The van der Waals surface area contributed by atoms with Crippen LogP contribution < -0.4 is 11.1 Å². The second-order valence-corrected chi connectivity index (χ2v) is 8.19. The molecular weight excluding hydrogens is 417 g/mol. The predicted octanol–water partition coefficient (Wildman–Crippen LogP) is 4.85. The quantitative estimate of drug-likeness (QED) is 0.468. The molecule has 4 rings (SSSR count). The number of hydrogen-bond donors (Lipinski definition) is 3. The van der Waals surface area contributed by atoms with Gasteiger partial charge in [0.05, 0.1) is 11.0 Å². The van der Waals surface area contributed by atoms with Gasteiger partial charge in [-0.25, -0.2) is 9.37 Å². The maximum absolute atomic E-state index is 13.2. The van der Waals surface area contributed by atoms with E-state index in [4.69, 9.17) is 5.73 Å². The lowest BCUT2D eigenvalue weighted by atomic mass is 9.89. The molecular formula is C26H34FN5O. The normalized spacial score (nSPS) is 15.5. The first-order valence-electron chi connectivity index (χ1n) is 11.7. The summed E-state index contributed by atoms with van der Waals surface area (Å²) in [5.74, 6) is 0.0769. The molecule has 4 N–H and O–H groups in total. The van der Waals surface area contributed by atoms with Gasteiger partial charge in [-0.3, -0.25) is 10.1 Å². The van der Waals surface area contributed by atoms with Gasteiger partial charge in [-0.05, 0) is 75.6 Å². The molecule has 1 aliphatic heterocycles. The van der Waals surface area contributed by atoms with Crippen LogP contribution in [-0.2, 0) is 11.2 Å². The number of carbonyl (C=O) groups excluding carboxylic acids is 1. The molecule has 0 atom stereocenters. The van der Waals surface area contributed by atoms with Crippen LogP contribution in [0.5, 0.6) is 0 Å². The van der Waals surface area contributed by atoms with E-state index in [2.05, 4.69) is 27.2 Å². The molecule has 0 saturated carbocycles. The summed E-state index contributed by atoms with van der Waals surface area (Å²) in [5, 5.41) is 2.89. The van der Waals surface area contributed by atoms with Crippen molar-refractivity contribution in [2.45, 2.75) is 39.5 Å². The average molecular weight is 452 g/mol. The minimum absolute atomic E-state index is 0.181. The van der Waals surface area contributed by atoms with Crippen molar-refractivity contribution in [2.75, 3.05) is 25.5 Å². The van der Waals surface area contributed by atoms with Crippen molar-refractivity contribution >= 4 is 22.9 Å². The third kappa shape index (κ3) is 6.42. The molecule has 3 aromatic rings. The number of piperidine rings is 1. The van der Waals surface area contributed by atoms with Gasteiger partial charge in [0, 0.05) is 17.2 Å². The van der Waals surface area contributed by atoms with Crippen molar-refractivity contribution in [3.63, 3.8) is 0 Å². The van der Waals surface area contributed by atoms with Crippen LogP contribution in [0.25, 0.3) is 11.0 Å². The van der Waals surface area contributed by atoms with Crippen LogP contribution in [0.4, 0.5) is 10.3 Å². The predicted molar refractivity (Wildman–Crippen MR) is 132 cm³/mol. The second kappa shape index (κ2) is 11.6. The number of nitrogens with one attached hydrogen (secondary N) is 2. The molecule has 0 spiro atoms. The third-order valence-corrected chi connectivity index (χ3v) is 5.98. The van der Waals surface area contributed by atoms with E-state index in [1.54, 1.807) is 12.1 Å². The highest BCUT2D eigenvalue weighted by Crippen LogP contribution is 2.26. The third-order valence-electron chi connectivity index (χ3n) is 5.98. The topological polar surface area (TPSA) is 87.0 Å². The van der Waals surface area contributed by atoms with E-state index in [0.29, 0.717) is 30.1 Å². The molecule has 0 unspecified atom stereocenters. The van der Waals surface area contributed by atoms with E-state index in [-0.39, 0.29) is 17.6 Å². The number of para-hydroxylation sites is 2. The van der Waals surface area contributed by atoms with Crippen LogP contribution in [0.3, 0.4) is 0 Å². The summed E-state index contributed by atoms with van der Waals surface area (Å²) in [7, 11) is 2.10. The molecule has 1 amide bonds. The first-order valence-corrected chi connectivity index (χ1v) is 11.7. The van der Waals surface area contributed by atoms with Crippen LogP contribution in [0.1, 0.15) is 38.7 Å². The summed E-state index contributed by atoms with van der Waals surface area (Å²) in [6, 6.07) is 14.0. The van der Waals surface area contributed by atoms with Crippen LogP contribution >= 0.6 is 0 Å². The molecule has 0 radical (unpaired) electrons. The number of halogens is 1. The van der Waals surface area contributed by atoms with Gasteiger partial charge in [0.2, 0.25) is 5.95 Å². The Balaban J connectivity index is 0.00000149. The molecule has 1 fully saturated rings. The summed E-state index contributed by atoms with van der Waals surface area (Å²) in [5.41, 5.74) is 10.4. The minimum atomic E-state index is -0.270. The van der Waals surface area contributed by atoms with Gasteiger partial charge in [0.15, 0.2) is 0 Å². The number of carbonyl (C=O) groups is 1. The van der Waals surface area contributed by atoms with Gasteiger partial charge >= 0.3 is 0 Å². The number of anilines is 1. The highest BCUT2D eigenvalue weighted by atomic mass is 19.1. The Hall–Kier alpha value is -3.19. The van der Waals surface area contributed by atoms with Crippen molar-refractivity contribution in [3.05, 3.63) is 71.2 Å². The molecule has 0 aliphatic carbocycles. The molecule has 2 aromatic carbocycles. The van der Waals surface area contributed by atoms with Crippen molar-refractivity contribution in [3.8, 4) is 0 Å². The SMILES string of the molecule is CC.CN1CCC(/C(N)=C(\CCc2ccc(F)cc2)C(=O)Nc2nc3ccccc3[nH]2)CC1. The Morgan fingerprint density at radius 1 is 1.15 bits per heavy atom. The number of aromatic nitrogens is 2. The van der Waals surface area contributed by atoms with Gasteiger partial charge in [-0.2, -0.15) is 0 Å². The van der Waals surface area contributed by atoms with E-state index in [1.165, 1.54) is 12.1 Å². The summed E-state index contributed by atoms with van der Waals surface area (Å²) >= 11 is 0. The highest BCUT2D eigenvalue weighted by Gasteiger charge is 2.24. The second-order valence-electron chi connectivity index (χ2n) is 8.19. The number of aryl methyl sites for hydroxylation is 1. The Kier molecular flexibility index (Phi) is 8.60. The molecule has 1 aromatic heterocycles. The summed E-state index contributed by atoms with van der Waals surface area (Å²) < 4.78 is 13.2. The van der Waals surface area contributed by atoms with Crippen molar-refractivity contribution < 1.29 is 9.18 Å². The van der Waals surface area contributed by atoms with Crippen molar-refractivity contribution in [1.29, 1.82) is 0 Å². The van der Waals surface area contributed by atoms with E-state index < -0.39 is 0 Å². The van der Waals surface area contributed by atoms with Crippen LogP contribution in [0.15, 0.2) is 59.8 Å². The molecule has 1 aliphatic rings. The van der Waals surface area contributed by atoms with E-state index in [9.17, 15) is 9.18 Å². The summed E-state index contributed by atoms with van der Waals surface area (Å²) in [6.45, 7) is 5.92. The number of allylic oxidation sites excluding steroid dienone is 1. The number of aromatic amines is 1. The monoisotopic (exact) mass is 451 g/mol. The average Bonchev–Trinajstić information content (AvgIpc) is 3.24. The molecule has 176 valence electrons. The number of imidazole rings is 1. The molecule has 33 heavy (non-hydrogen) atoms. The molecule has 1 saturated heterocycles. The molecule has 7 heteroatoms. The zero-order valence-electron chi connectivity index (χ0n) is 19.7. The van der Waals surface area contributed by atoms with Crippen molar-refractivity contribution in [2.24, 2.45) is 11.7 Å². The van der Waals surface area contributed by atoms with E-state index >= 15 is 0 Å². The van der Waals surface area contributed by atoms with Crippen molar-refractivity contribution in [1.82, 2.24) is 14.9 Å². The number of fused-ring (bicyclic) bond motifs is 1. The van der Waals surface area contributed by atoms with Gasteiger partial charge in [-0.1, -0.05) is 38.1 Å². The zero-order chi connectivity index (χ0) is 23.8. The lowest BCUT2D eigenvalue weighted by molar-refractivity contribution is -0.113. The molecule has 0 bridgehead atoms. The van der Waals surface area contributed by atoms with Crippen LogP contribution in [-0.4, -0.2) is 40.9 Å². The number of benzene rings is 2. The zero-order valence-corrected chi connectivity index (χ0v) is 19.7. The Morgan fingerprint density at radius 2 is 1.82 bits per heavy atom. The van der Waals surface area contributed by atoms with Gasteiger partial charge in [0.25, 0.3) is 5.91 Å². The van der Waals surface area contributed by atoms with Crippen LogP contribution in [0.2, 0.25) is 0 Å². The Morgan fingerprint density at radius 3 is 2.48 bits per heavy atom. The highest BCUT2D eigenvalue weighted by molar-refractivity contribution is 6.04. The number of hydrogen-bond acceptors (Lipinski definition) is 4. The fraction of sp³-hybridized carbons (Fsp3) is 0.385. The minimum Gasteiger partial charge on any atom is -0.401 e. The smallest absolute Gasteiger partial charge is 0.255 e. The number of rotatable bonds is 6. The number of amides is 1. The lowest BCUT2D eigenvalue weighted by Gasteiger charge is -2.30. The van der Waals surface area contributed by atoms with Gasteiger partial charge in [-0.15, -0.1) is 0 Å².